The molecule has 4 rings (SSSR count). The number of esters is 1. The number of ether oxygens (including phenoxy) is 6. The van der Waals surface area contributed by atoms with Crippen LogP contribution in [0.15, 0.2) is 60.7 Å². The summed E-state index contributed by atoms with van der Waals surface area (Å²) >= 11 is 0. The van der Waals surface area contributed by atoms with Crippen molar-refractivity contribution in [3.8, 4) is 17.2 Å². The van der Waals surface area contributed by atoms with Gasteiger partial charge in [-0.15, -0.1) is 0 Å². The van der Waals surface area contributed by atoms with E-state index in [1.54, 1.807) is 50.2 Å². The van der Waals surface area contributed by atoms with Crippen LogP contribution >= 0.6 is 0 Å². The maximum absolute atomic E-state index is 14.6. The van der Waals surface area contributed by atoms with Crippen LogP contribution in [0.4, 0.5) is 4.79 Å². The molecule has 0 bridgehead atoms. The zero-order valence-electron chi connectivity index (χ0n) is 26.2. The number of hydrogen-bond acceptors (Lipinski definition) is 10. The van der Waals surface area contributed by atoms with E-state index in [1.165, 1.54) is 45.6 Å². The molecule has 1 heterocycles. The van der Waals surface area contributed by atoms with Crippen LogP contribution in [-0.2, 0) is 14.2 Å². The van der Waals surface area contributed by atoms with Crippen LogP contribution < -0.4 is 19.5 Å². The Morgan fingerprint density at radius 2 is 1.54 bits per heavy atom. The van der Waals surface area contributed by atoms with Crippen molar-refractivity contribution in [1.29, 1.82) is 0 Å². The summed E-state index contributed by atoms with van der Waals surface area (Å²) in [6.45, 7) is 2.79. The van der Waals surface area contributed by atoms with Crippen LogP contribution in [0.2, 0.25) is 0 Å². The average molecular weight is 637 g/mol. The number of amides is 2. The Balaban J connectivity index is 1.78. The Morgan fingerprint density at radius 1 is 0.891 bits per heavy atom. The SMILES string of the molecule is COCOc1ccc(OC)cc1C(=O)C1(NC(=O)c2cc(C)c(OCOC)c(C)c2)CC(OC(=O)c2ccccc2)N(C(=O)O)C1. The molecule has 3 aromatic carbocycles. The number of carbonyl (C=O) groups is 4. The number of ketones is 1. The van der Waals surface area contributed by atoms with E-state index in [1.807, 2.05) is 0 Å². The Labute approximate surface area is 265 Å². The third kappa shape index (κ3) is 7.38. The number of Topliss-reactive ketones (excluding diaryl/α,β-unsaturated/α-hetero) is 1. The molecule has 2 atom stereocenters. The second-order valence-electron chi connectivity index (χ2n) is 10.6. The second kappa shape index (κ2) is 14.8. The molecule has 3 aromatic rings. The van der Waals surface area contributed by atoms with Crippen molar-refractivity contribution in [3.05, 3.63) is 88.5 Å². The Bertz CT molecular complexity index is 1570. The smallest absolute Gasteiger partial charge is 0.410 e. The quantitative estimate of drug-likeness (QED) is 0.157. The van der Waals surface area contributed by atoms with Gasteiger partial charge in [-0.2, -0.15) is 0 Å². The molecule has 1 fully saturated rings. The second-order valence-corrected chi connectivity index (χ2v) is 10.6. The summed E-state index contributed by atoms with van der Waals surface area (Å²) in [5, 5.41) is 12.9. The van der Waals surface area contributed by atoms with Gasteiger partial charge in [0.15, 0.2) is 25.6 Å². The van der Waals surface area contributed by atoms with Gasteiger partial charge in [-0.1, -0.05) is 18.2 Å². The van der Waals surface area contributed by atoms with Gasteiger partial charge in [0.25, 0.3) is 5.91 Å². The lowest BCUT2D eigenvalue weighted by Gasteiger charge is -2.29. The van der Waals surface area contributed by atoms with Gasteiger partial charge in [0.2, 0.25) is 0 Å². The van der Waals surface area contributed by atoms with E-state index in [2.05, 4.69) is 5.32 Å². The topological polar surface area (TPSA) is 159 Å². The van der Waals surface area contributed by atoms with E-state index in [9.17, 15) is 24.3 Å². The lowest BCUT2D eigenvalue weighted by atomic mass is 9.86. The van der Waals surface area contributed by atoms with E-state index >= 15 is 0 Å². The van der Waals surface area contributed by atoms with Crippen molar-refractivity contribution in [2.75, 3.05) is 41.5 Å². The van der Waals surface area contributed by atoms with Crippen LogP contribution in [0.5, 0.6) is 17.2 Å². The van der Waals surface area contributed by atoms with Crippen molar-refractivity contribution in [2.45, 2.75) is 32.0 Å². The van der Waals surface area contributed by atoms with Gasteiger partial charge in [0.1, 0.15) is 22.8 Å². The van der Waals surface area contributed by atoms with E-state index < -0.39 is 48.5 Å². The molecule has 2 unspecified atom stereocenters. The van der Waals surface area contributed by atoms with Crippen LogP contribution in [-0.4, -0.2) is 87.0 Å². The molecule has 0 spiro atoms. The Hall–Kier alpha value is -5.14. The molecule has 13 heteroatoms. The van der Waals surface area contributed by atoms with E-state index in [0.29, 0.717) is 22.6 Å². The van der Waals surface area contributed by atoms with Crippen LogP contribution in [0, 0.1) is 13.8 Å². The first kappa shape index (κ1) is 33.7. The third-order valence-corrected chi connectivity index (χ3v) is 7.40. The van der Waals surface area contributed by atoms with E-state index in [-0.39, 0.29) is 36.0 Å². The molecule has 46 heavy (non-hydrogen) atoms. The number of hydrogen-bond donors (Lipinski definition) is 2. The summed E-state index contributed by atoms with van der Waals surface area (Å²) in [7, 11) is 4.32. The monoisotopic (exact) mass is 636 g/mol. The zero-order chi connectivity index (χ0) is 33.4. The van der Waals surface area contributed by atoms with Crippen LogP contribution in [0.3, 0.4) is 0 Å². The van der Waals surface area contributed by atoms with Gasteiger partial charge in [-0.05, 0) is 67.4 Å². The minimum Gasteiger partial charge on any atom is -0.497 e. The molecule has 244 valence electrons. The maximum Gasteiger partial charge on any atom is 0.410 e. The lowest BCUT2D eigenvalue weighted by molar-refractivity contribution is -0.00847. The normalized spacial score (nSPS) is 17.2. The van der Waals surface area contributed by atoms with E-state index in [0.717, 1.165) is 4.90 Å². The van der Waals surface area contributed by atoms with Gasteiger partial charge in [-0.3, -0.25) is 14.5 Å². The number of aryl methyl sites for hydroxylation is 2. The molecule has 0 aliphatic carbocycles. The minimum atomic E-state index is -1.90. The third-order valence-electron chi connectivity index (χ3n) is 7.40. The lowest BCUT2D eigenvalue weighted by Crippen LogP contribution is -2.56. The number of carboxylic acid groups (broad SMARTS) is 1. The minimum absolute atomic E-state index is 0.00671. The molecular formula is C33H36N2O11. The molecule has 1 saturated heterocycles. The van der Waals surface area contributed by atoms with Crippen molar-refractivity contribution in [2.24, 2.45) is 0 Å². The molecule has 1 aliphatic heterocycles. The summed E-state index contributed by atoms with van der Waals surface area (Å²) in [5.74, 6) is -1.20. The molecule has 0 saturated carbocycles. The fourth-order valence-corrected chi connectivity index (χ4v) is 5.28. The number of nitrogens with zero attached hydrogens (tertiary/aromatic N) is 1. The maximum atomic E-state index is 14.6. The number of rotatable bonds is 13. The molecule has 13 nitrogen and oxygen atoms in total. The molecule has 2 amide bonds. The molecule has 2 N–H and O–H groups in total. The van der Waals surface area contributed by atoms with Gasteiger partial charge >= 0.3 is 12.1 Å². The summed E-state index contributed by atoms with van der Waals surface area (Å²) in [6, 6.07) is 15.7. The highest BCUT2D eigenvalue weighted by atomic mass is 16.7. The predicted octanol–water partition coefficient (Wildman–Crippen LogP) is 4.20. The molecule has 0 radical (unpaired) electrons. The van der Waals surface area contributed by atoms with Crippen molar-refractivity contribution >= 4 is 23.8 Å². The number of methoxy groups -OCH3 is 3. The van der Waals surface area contributed by atoms with E-state index in [4.69, 9.17) is 28.4 Å². The number of benzene rings is 3. The fourth-order valence-electron chi connectivity index (χ4n) is 5.28. The van der Waals surface area contributed by atoms with Crippen molar-refractivity contribution in [1.82, 2.24) is 10.2 Å². The van der Waals surface area contributed by atoms with Gasteiger partial charge in [0.05, 0.1) is 24.8 Å². The van der Waals surface area contributed by atoms with Crippen LogP contribution in [0.1, 0.15) is 48.6 Å². The fraction of sp³-hybridized carbons (Fsp3) is 0.333. The number of likely N-dealkylation sites (tertiary alicyclic amines) is 1. The average Bonchev–Trinajstić information content (AvgIpc) is 3.42. The zero-order valence-corrected chi connectivity index (χ0v) is 26.2. The summed E-state index contributed by atoms with van der Waals surface area (Å²) in [6.07, 6.45) is -3.27. The van der Waals surface area contributed by atoms with Gasteiger partial charge in [0, 0.05) is 26.2 Å². The largest absolute Gasteiger partial charge is 0.497 e. The highest BCUT2D eigenvalue weighted by Crippen LogP contribution is 2.36. The van der Waals surface area contributed by atoms with Crippen LogP contribution in [0.25, 0.3) is 0 Å². The first-order valence-electron chi connectivity index (χ1n) is 14.2. The summed E-state index contributed by atoms with van der Waals surface area (Å²) < 4.78 is 32.3. The number of carbonyl (C=O) groups excluding carboxylic acids is 3. The Kier molecular flexibility index (Phi) is 10.8. The molecule has 1 aliphatic rings. The summed E-state index contributed by atoms with van der Waals surface area (Å²) in [4.78, 5) is 54.8. The first-order chi connectivity index (χ1) is 22.0. The molecular weight excluding hydrogens is 600 g/mol. The Morgan fingerprint density at radius 3 is 2.15 bits per heavy atom. The highest BCUT2D eigenvalue weighted by molar-refractivity contribution is 6.09. The predicted molar refractivity (Wildman–Crippen MR) is 163 cm³/mol. The molecule has 0 aromatic heterocycles. The van der Waals surface area contributed by atoms with Crippen molar-refractivity contribution < 1.29 is 52.7 Å². The first-order valence-corrected chi connectivity index (χ1v) is 14.2. The highest BCUT2D eigenvalue weighted by Gasteiger charge is 2.54. The summed E-state index contributed by atoms with van der Waals surface area (Å²) in [5.41, 5.74) is -0.252. The van der Waals surface area contributed by atoms with Gasteiger partial charge in [-0.25, -0.2) is 9.59 Å². The standard InChI is InChI=1S/C33H36N2O11/c1-20-13-23(14-21(2)28(20)45-19-42-4)30(37)34-33(29(36)25-15-24(43-5)11-12-26(25)44-18-41-3)16-27(35(17-33)32(39)40)46-31(38)22-9-7-6-8-10-22/h6-15,27H,16-19H2,1-5H3,(H,34,37)(H,39,40). The number of nitrogens with one attached hydrogen (secondary N) is 1. The van der Waals surface area contributed by atoms with Gasteiger partial charge < -0.3 is 38.8 Å². The van der Waals surface area contributed by atoms with Crippen molar-refractivity contribution in [3.63, 3.8) is 0 Å².